The lowest BCUT2D eigenvalue weighted by Gasteiger charge is -2.29. The molecule has 0 amide bonds. The number of aliphatic hydroxyl groups is 1. The van der Waals surface area contributed by atoms with Crippen LogP contribution in [0.4, 0.5) is 0 Å². The first-order valence-electron chi connectivity index (χ1n) is 5.16. The van der Waals surface area contributed by atoms with Crippen molar-refractivity contribution in [1.29, 1.82) is 0 Å². The summed E-state index contributed by atoms with van der Waals surface area (Å²) in [6.07, 6.45) is 7.24. The van der Waals surface area contributed by atoms with Gasteiger partial charge in [0, 0.05) is 17.8 Å². The molecule has 0 aromatic heterocycles. The number of hydrogen-bond acceptors (Lipinski definition) is 3. The van der Waals surface area contributed by atoms with Gasteiger partial charge in [0.05, 0.1) is 6.10 Å². The van der Waals surface area contributed by atoms with E-state index in [1.54, 1.807) is 0 Å². The van der Waals surface area contributed by atoms with Gasteiger partial charge in [0.2, 0.25) is 0 Å². The first-order valence-corrected chi connectivity index (χ1v) is 6.45. The minimum Gasteiger partial charge on any atom is -0.392 e. The van der Waals surface area contributed by atoms with Crippen molar-refractivity contribution in [3.05, 3.63) is 0 Å². The quantitative estimate of drug-likeness (QED) is 0.728. The Morgan fingerprint density at radius 2 is 2.31 bits per heavy atom. The maximum absolute atomic E-state index is 9.14. The number of hydrogen-bond donors (Lipinski definition) is 2. The largest absolute Gasteiger partial charge is 0.392 e. The van der Waals surface area contributed by atoms with E-state index in [4.69, 9.17) is 5.11 Å². The third kappa shape index (κ3) is 4.34. The molecule has 0 aromatic rings. The molecule has 3 heteroatoms. The number of nitrogens with one attached hydrogen (secondary N) is 1. The first kappa shape index (κ1) is 11.3. The monoisotopic (exact) mass is 203 g/mol. The van der Waals surface area contributed by atoms with Crippen LogP contribution >= 0.6 is 11.8 Å². The lowest BCUT2D eigenvalue weighted by atomic mass is 9.95. The zero-order chi connectivity index (χ0) is 9.68. The van der Waals surface area contributed by atoms with Gasteiger partial charge in [-0.15, -0.1) is 0 Å². The average Bonchev–Trinajstić information content (AvgIpc) is 2.15. The van der Waals surface area contributed by atoms with Crippen LogP contribution in [0.3, 0.4) is 0 Å². The van der Waals surface area contributed by atoms with E-state index in [1.807, 2.05) is 18.7 Å². The smallest absolute Gasteiger partial charge is 0.0636 e. The van der Waals surface area contributed by atoms with Crippen molar-refractivity contribution >= 4 is 11.8 Å². The molecular weight excluding hydrogens is 182 g/mol. The molecule has 0 spiro atoms. The Kier molecular flexibility index (Phi) is 5.14. The molecule has 13 heavy (non-hydrogen) atoms. The van der Waals surface area contributed by atoms with E-state index in [-0.39, 0.29) is 6.10 Å². The molecule has 1 saturated carbocycles. The van der Waals surface area contributed by atoms with Gasteiger partial charge >= 0.3 is 0 Å². The molecule has 0 bridgehead atoms. The zero-order valence-corrected chi connectivity index (χ0v) is 9.44. The van der Waals surface area contributed by atoms with E-state index < -0.39 is 0 Å². The van der Waals surface area contributed by atoms with Crippen LogP contribution in [-0.4, -0.2) is 35.3 Å². The number of rotatable bonds is 4. The van der Waals surface area contributed by atoms with Gasteiger partial charge in [-0.2, -0.15) is 11.8 Å². The van der Waals surface area contributed by atoms with E-state index in [0.717, 1.165) is 11.8 Å². The lowest BCUT2D eigenvalue weighted by molar-refractivity contribution is 0.181. The van der Waals surface area contributed by atoms with Crippen LogP contribution in [0.1, 0.15) is 32.6 Å². The van der Waals surface area contributed by atoms with Crippen LogP contribution in [0.5, 0.6) is 0 Å². The van der Waals surface area contributed by atoms with E-state index in [0.29, 0.717) is 6.04 Å². The molecule has 1 aliphatic carbocycles. The Morgan fingerprint density at radius 1 is 1.54 bits per heavy atom. The van der Waals surface area contributed by atoms with Crippen molar-refractivity contribution in [1.82, 2.24) is 5.32 Å². The second kappa shape index (κ2) is 5.89. The molecule has 1 fully saturated rings. The fourth-order valence-electron chi connectivity index (χ4n) is 1.88. The summed E-state index contributed by atoms with van der Waals surface area (Å²) in [5.41, 5.74) is 0. The van der Waals surface area contributed by atoms with Gasteiger partial charge in [0.25, 0.3) is 0 Å². The summed E-state index contributed by atoms with van der Waals surface area (Å²) in [6, 6.07) is 0.640. The zero-order valence-electron chi connectivity index (χ0n) is 8.62. The highest BCUT2D eigenvalue weighted by molar-refractivity contribution is 7.99. The Balaban J connectivity index is 2.18. The van der Waals surface area contributed by atoms with Gasteiger partial charge in [0.15, 0.2) is 0 Å². The molecule has 78 valence electrons. The van der Waals surface area contributed by atoms with Crippen LogP contribution in [0.25, 0.3) is 0 Å². The van der Waals surface area contributed by atoms with E-state index in [9.17, 15) is 0 Å². The van der Waals surface area contributed by atoms with Crippen molar-refractivity contribution in [3.8, 4) is 0 Å². The molecule has 1 aliphatic rings. The summed E-state index contributed by atoms with van der Waals surface area (Å²) < 4.78 is 0. The Bertz CT molecular complexity index is 141. The van der Waals surface area contributed by atoms with Crippen molar-refractivity contribution in [2.45, 2.75) is 50.0 Å². The molecule has 0 aliphatic heterocycles. The molecule has 1 rings (SSSR count). The van der Waals surface area contributed by atoms with Crippen LogP contribution in [0.2, 0.25) is 0 Å². The van der Waals surface area contributed by atoms with Gasteiger partial charge in [-0.3, -0.25) is 0 Å². The molecular formula is C10H21NOS. The summed E-state index contributed by atoms with van der Waals surface area (Å²) in [6.45, 7) is 2.58. The molecule has 0 aromatic carbocycles. The van der Waals surface area contributed by atoms with Gasteiger partial charge in [-0.25, -0.2) is 0 Å². The van der Waals surface area contributed by atoms with Crippen LogP contribution in [0.15, 0.2) is 0 Å². The molecule has 0 radical (unpaired) electrons. The predicted octanol–water partition coefficient (Wildman–Crippen LogP) is 1.63. The van der Waals surface area contributed by atoms with E-state index in [1.165, 1.54) is 25.7 Å². The summed E-state index contributed by atoms with van der Waals surface area (Å²) in [5.74, 6) is 0. The van der Waals surface area contributed by atoms with Gasteiger partial charge in [0.1, 0.15) is 0 Å². The highest BCUT2D eigenvalue weighted by Gasteiger charge is 2.20. The molecule has 0 saturated heterocycles. The summed E-state index contributed by atoms with van der Waals surface area (Å²) in [5, 5.41) is 13.4. The normalized spacial score (nSPS) is 31.6. The van der Waals surface area contributed by atoms with Crippen molar-refractivity contribution in [2.75, 3.05) is 12.8 Å². The van der Waals surface area contributed by atoms with E-state index >= 15 is 0 Å². The third-order valence-corrected chi connectivity index (χ3v) is 3.76. The minimum atomic E-state index is -0.213. The highest BCUT2D eigenvalue weighted by Crippen LogP contribution is 2.26. The second-order valence-electron chi connectivity index (χ2n) is 3.98. The van der Waals surface area contributed by atoms with Crippen molar-refractivity contribution in [2.24, 2.45) is 0 Å². The fraction of sp³-hybridized carbons (Fsp3) is 1.00. The second-order valence-corrected chi connectivity index (χ2v) is 5.12. The lowest BCUT2D eigenvalue weighted by Crippen LogP contribution is -2.38. The molecule has 2 nitrogen and oxygen atoms in total. The summed E-state index contributed by atoms with van der Waals surface area (Å²) in [4.78, 5) is 0. The van der Waals surface area contributed by atoms with Crippen LogP contribution < -0.4 is 5.32 Å². The Hall–Kier alpha value is 0.270. The minimum absolute atomic E-state index is 0.213. The molecule has 0 heterocycles. The average molecular weight is 203 g/mol. The first-order chi connectivity index (χ1) is 6.22. The maximum Gasteiger partial charge on any atom is 0.0636 e. The van der Waals surface area contributed by atoms with E-state index in [2.05, 4.69) is 11.6 Å². The number of thioether (sulfide) groups is 1. The summed E-state index contributed by atoms with van der Waals surface area (Å²) >= 11 is 1.98. The fourth-order valence-corrected chi connectivity index (χ4v) is 2.71. The van der Waals surface area contributed by atoms with Gasteiger partial charge < -0.3 is 10.4 Å². The number of aliphatic hydroxyl groups excluding tert-OH is 1. The Morgan fingerprint density at radius 3 is 2.92 bits per heavy atom. The highest BCUT2D eigenvalue weighted by atomic mass is 32.2. The van der Waals surface area contributed by atoms with Crippen molar-refractivity contribution in [3.63, 3.8) is 0 Å². The topological polar surface area (TPSA) is 32.3 Å². The van der Waals surface area contributed by atoms with Gasteiger partial charge in [-0.05, 0) is 32.4 Å². The molecule has 2 unspecified atom stereocenters. The molecule has 2 N–H and O–H groups in total. The van der Waals surface area contributed by atoms with Crippen LogP contribution in [-0.2, 0) is 0 Å². The summed E-state index contributed by atoms with van der Waals surface area (Å²) in [7, 11) is 0. The SMILES string of the molecule is CSC1CCCC(NC[C@H](C)O)C1. The third-order valence-electron chi connectivity index (χ3n) is 2.66. The van der Waals surface area contributed by atoms with Crippen LogP contribution in [0, 0.1) is 0 Å². The van der Waals surface area contributed by atoms with Gasteiger partial charge in [-0.1, -0.05) is 6.42 Å². The maximum atomic E-state index is 9.14. The Labute approximate surface area is 85.5 Å². The standard InChI is InChI=1S/C10H21NOS/c1-8(12)7-11-9-4-3-5-10(6-9)13-2/h8-12H,3-7H2,1-2H3/t8-,9?,10?/m0/s1. The van der Waals surface area contributed by atoms with Crippen molar-refractivity contribution < 1.29 is 5.11 Å². The molecule has 3 atom stereocenters. The predicted molar refractivity (Wildman–Crippen MR) is 59.2 cm³/mol.